The highest BCUT2D eigenvalue weighted by Crippen LogP contribution is 2.14. The van der Waals surface area contributed by atoms with Crippen molar-refractivity contribution in [1.82, 2.24) is 9.88 Å². The third kappa shape index (κ3) is 2.52. The van der Waals surface area contributed by atoms with Crippen LogP contribution < -0.4 is 0 Å². The van der Waals surface area contributed by atoms with Gasteiger partial charge in [0.05, 0.1) is 37.1 Å². The normalized spacial score (nSPS) is 19.9. The van der Waals surface area contributed by atoms with E-state index in [1.807, 2.05) is 19.9 Å². The Morgan fingerprint density at radius 2 is 2.33 bits per heavy atom. The number of carbonyl (C=O) groups is 1. The molecule has 98 valence electrons. The van der Waals surface area contributed by atoms with Gasteiger partial charge in [0.1, 0.15) is 0 Å². The summed E-state index contributed by atoms with van der Waals surface area (Å²) >= 11 is 0. The standard InChI is InChI=1S/C13H18N2O3/c1-9-3-4-12(10(2)14-9)13(17)15-5-6-18-8-11(15)7-16/h3-4,11,16H,5-8H2,1-2H3/t11-/m1/s1. The highest BCUT2D eigenvalue weighted by Gasteiger charge is 2.28. The van der Waals surface area contributed by atoms with Crippen LogP contribution in [0.2, 0.25) is 0 Å². The average molecular weight is 250 g/mol. The molecule has 5 heteroatoms. The number of rotatable bonds is 2. The van der Waals surface area contributed by atoms with E-state index in [0.29, 0.717) is 25.3 Å². The van der Waals surface area contributed by atoms with Crippen LogP contribution in [0.3, 0.4) is 0 Å². The fourth-order valence-corrected chi connectivity index (χ4v) is 2.14. The summed E-state index contributed by atoms with van der Waals surface area (Å²) in [6.07, 6.45) is 0. The summed E-state index contributed by atoms with van der Waals surface area (Å²) in [7, 11) is 0. The molecule has 0 unspecified atom stereocenters. The highest BCUT2D eigenvalue weighted by atomic mass is 16.5. The minimum Gasteiger partial charge on any atom is -0.394 e. The maximum absolute atomic E-state index is 12.4. The third-order valence-electron chi connectivity index (χ3n) is 3.15. The number of amides is 1. The lowest BCUT2D eigenvalue weighted by atomic mass is 10.1. The van der Waals surface area contributed by atoms with Gasteiger partial charge in [0.25, 0.3) is 5.91 Å². The van der Waals surface area contributed by atoms with Gasteiger partial charge in [0.2, 0.25) is 0 Å². The molecule has 1 N–H and O–H groups in total. The van der Waals surface area contributed by atoms with Gasteiger partial charge in [-0.25, -0.2) is 0 Å². The fraction of sp³-hybridized carbons (Fsp3) is 0.538. The van der Waals surface area contributed by atoms with Crippen molar-refractivity contribution in [3.05, 3.63) is 29.1 Å². The van der Waals surface area contributed by atoms with Crippen molar-refractivity contribution in [3.8, 4) is 0 Å². The summed E-state index contributed by atoms with van der Waals surface area (Å²) in [5.41, 5.74) is 2.22. The molecule has 0 spiro atoms. The molecule has 0 radical (unpaired) electrons. The van der Waals surface area contributed by atoms with E-state index in [1.54, 1.807) is 11.0 Å². The lowest BCUT2D eigenvalue weighted by molar-refractivity contribution is -0.0184. The van der Waals surface area contributed by atoms with E-state index >= 15 is 0 Å². The Morgan fingerprint density at radius 3 is 3.00 bits per heavy atom. The van der Waals surface area contributed by atoms with Crippen LogP contribution in [0.1, 0.15) is 21.7 Å². The van der Waals surface area contributed by atoms with E-state index in [-0.39, 0.29) is 18.6 Å². The fourth-order valence-electron chi connectivity index (χ4n) is 2.14. The lowest BCUT2D eigenvalue weighted by Gasteiger charge is -2.34. The van der Waals surface area contributed by atoms with Crippen molar-refractivity contribution < 1.29 is 14.6 Å². The number of aliphatic hydroxyl groups is 1. The van der Waals surface area contributed by atoms with Crippen LogP contribution in [-0.4, -0.2) is 53.3 Å². The molecular weight excluding hydrogens is 232 g/mol. The predicted molar refractivity (Wildman–Crippen MR) is 66.4 cm³/mol. The molecule has 1 aliphatic heterocycles. The molecule has 2 heterocycles. The van der Waals surface area contributed by atoms with Gasteiger partial charge < -0.3 is 14.7 Å². The minimum atomic E-state index is -0.257. The van der Waals surface area contributed by atoms with Gasteiger partial charge in [-0.1, -0.05) is 0 Å². The van der Waals surface area contributed by atoms with Gasteiger partial charge in [0.15, 0.2) is 0 Å². The smallest absolute Gasteiger partial charge is 0.256 e. The summed E-state index contributed by atoms with van der Waals surface area (Å²) < 4.78 is 5.27. The number of hydrogen-bond acceptors (Lipinski definition) is 4. The molecule has 1 aromatic heterocycles. The molecule has 5 nitrogen and oxygen atoms in total. The lowest BCUT2D eigenvalue weighted by Crippen LogP contribution is -2.50. The number of pyridine rings is 1. The Labute approximate surface area is 106 Å². The molecule has 1 atom stereocenters. The SMILES string of the molecule is Cc1ccc(C(=O)N2CCOC[C@H]2CO)c(C)n1. The molecule has 0 saturated carbocycles. The number of ether oxygens (including phenoxy) is 1. The van der Waals surface area contributed by atoms with E-state index in [9.17, 15) is 9.90 Å². The zero-order valence-electron chi connectivity index (χ0n) is 10.7. The number of nitrogens with zero attached hydrogens (tertiary/aromatic N) is 2. The van der Waals surface area contributed by atoms with Crippen molar-refractivity contribution in [3.63, 3.8) is 0 Å². The summed E-state index contributed by atoms with van der Waals surface area (Å²) in [5, 5.41) is 9.28. The first-order valence-corrected chi connectivity index (χ1v) is 6.07. The quantitative estimate of drug-likeness (QED) is 0.831. The summed E-state index contributed by atoms with van der Waals surface area (Å²) in [4.78, 5) is 18.4. The molecule has 18 heavy (non-hydrogen) atoms. The van der Waals surface area contributed by atoms with Crippen LogP contribution in [0.15, 0.2) is 12.1 Å². The minimum absolute atomic E-state index is 0.0793. The van der Waals surface area contributed by atoms with Crippen LogP contribution in [0, 0.1) is 13.8 Å². The first-order valence-electron chi connectivity index (χ1n) is 6.07. The van der Waals surface area contributed by atoms with E-state index in [1.165, 1.54) is 0 Å². The number of aliphatic hydroxyl groups excluding tert-OH is 1. The topological polar surface area (TPSA) is 62.7 Å². The second kappa shape index (κ2) is 5.46. The van der Waals surface area contributed by atoms with E-state index in [2.05, 4.69) is 4.98 Å². The molecule has 1 saturated heterocycles. The van der Waals surface area contributed by atoms with Gasteiger partial charge in [-0.3, -0.25) is 9.78 Å². The highest BCUT2D eigenvalue weighted by molar-refractivity contribution is 5.95. The molecule has 2 rings (SSSR count). The second-order valence-electron chi connectivity index (χ2n) is 4.50. The zero-order valence-corrected chi connectivity index (χ0v) is 10.7. The van der Waals surface area contributed by atoms with Crippen LogP contribution in [0.5, 0.6) is 0 Å². The Balaban J connectivity index is 2.24. The maximum Gasteiger partial charge on any atom is 0.256 e. The molecular formula is C13H18N2O3. The summed E-state index contributed by atoms with van der Waals surface area (Å²) in [6, 6.07) is 3.37. The number of carbonyl (C=O) groups excluding carboxylic acids is 1. The molecule has 1 aromatic rings. The average Bonchev–Trinajstić information content (AvgIpc) is 2.38. The van der Waals surface area contributed by atoms with Crippen molar-refractivity contribution in [1.29, 1.82) is 0 Å². The Morgan fingerprint density at radius 1 is 1.56 bits per heavy atom. The van der Waals surface area contributed by atoms with Crippen molar-refractivity contribution >= 4 is 5.91 Å². The first-order chi connectivity index (χ1) is 8.63. The molecule has 0 aromatic carbocycles. The van der Waals surface area contributed by atoms with Gasteiger partial charge in [-0.2, -0.15) is 0 Å². The van der Waals surface area contributed by atoms with Crippen LogP contribution in [-0.2, 0) is 4.74 Å². The molecule has 1 aliphatic rings. The zero-order chi connectivity index (χ0) is 13.1. The monoisotopic (exact) mass is 250 g/mol. The van der Waals surface area contributed by atoms with Crippen LogP contribution in [0.25, 0.3) is 0 Å². The molecule has 1 amide bonds. The third-order valence-corrected chi connectivity index (χ3v) is 3.15. The van der Waals surface area contributed by atoms with Crippen LogP contribution >= 0.6 is 0 Å². The maximum atomic E-state index is 12.4. The second-order valence-corrected chi connectivity index (χ2v) is 4.50. The molecule has 0 bridgehead atoms. The Hall–Kier alpha value is -1.46. The van der Waals surface area contributed by atoms with E-state index in [4.69, 9.17) is 4.74 Å². The number of morpholine rings is 1. The van der Waals surface area contributed by atoms with E-state index < -0.39 is 0 Å². The number of hydrogen-bond donors (Lipinski definition) is 1. The van der Waals surface area contributed by atoms with Crippen molar-refractivity contribution in [2.24, 2.45) is 0 Å². The van der Waals surface area contributed by atoms with Crippen molar-refractivity contribution in [2.75, 3.05) is 26.4 Å². The molecule has 0 aliphatic carbocycles. The van der Waals surface area contributed by atoms with Gasteiger partial charge in [-0.05, 0) is 26.0 Å². The summed E-state index contributed by atoms with van der Waals surface area (Å²) in [5.74, 6) is -0.0812. The largest absolute Gasteiger partial charge is 0.394 e. The predicted octanol–water partition coefficient (Wildman–Crippen LogP) is 0.532. The van der Waals surface area contributed by atoms with Crippen LogP contribution in [0.4, 0.5) is 0 Å². The Bertz CT molecular complexity index is 448. The molecule has 1 fully saturated rings. The first kappa shape index (κ1) is 13.0. The summed E-state index contributed by atoms with van der Waals surface area (Å²) in [6.45, 7) is 5.06. The Kier molecular flexibility index (Phi) is 3.93. The van der Waals surface area contributed by atoms with Gasteiger partial charge >= 0.3 is 0 Å². The van der Waals surface area contributed by atoms with E-state index in [0.717, 1.165) is 11.4 Å². The number of aryl methyl sites for hydroxylation is 2. The number of aromatic nitrogens is 1. The van der Waals surface area contributed by atoms with Gasteiger partial charge in [-0.15, -0.1) is 0 Å². The van der Waals surface area contributed by atoms with Crippen molar-refractivity contribution in [2.45, 2.75) is 19.9 Å². The van der Waals surface area contributed by atoms with Gasteiger partial charge in [0, 0.05) is 12.2 Å².